The number of amides is 1. The molecule has 1 atom stereocenters. The molecule has 1 aliphatic heterocycles. The number of carboxylic acid groups (broad SMARTS) is 1. The third-order valence-corrected chi connectivity index (χ3v) is 5.33. The number of carbonyl (C=O) groups excluding carboxylic acids is 1. The lowest BCUT2D eigenvalue weighted by atomic mass is 10.1. The Balaban J connectivity index is 1.99. The molecular formula is C24H40N2O3. The van der Waals surface area contributed by atoms with Crippen LogP contribution < -0.4 is 5.73 Å². The van der Waals surface area contributed by atoms with Crippen molar-refractivity contribution in [2.75, 3.05) is 0 Å². The van der Waals surface area contributed by atoms with Crippen molar-refractivity contribution in [2.45, 2.75) is 103 Å². The maximum absolute atomic E-state index is 12.3. The first kappa shape index (κ1) is 25.2. The molecule has 1 unspecified atom stereocenters. The van der Waals surface area contributed by atoms with Gasteiger partial charge in [0.1, 0.15) is 6.17 Å². The molecule has 1 aliphatic rings. The fraction of sp³-hybridized carbons (Fsp3) is 0.667. The standard InChI is InChI=1S/C24H40N2O3/c1-2-3-4-5-6-7-8-9-10-11-12-13-14-15-16-19-22(27)26-20-17-18-21(23(26)25)24(28)29/h9-10,17-18,20,23H,2-8,11-16,19,25H2,1H3,(H,28,29). The molecule has 0 saturated heterocycles. The quantitative estimate of drug-likeness (QED) is 0.256. The second-order valence-electron chi connectivity index (χ2n) is 7.85. The summed E-state index contributed by atoms with van der Waals surface area (Å²) in [5, 5.41) is 9.10. The number of hydrogen-bond acceptors (Lipinski definition) is 3. The molecule has 5 nitrogen and oxygen atoms in total. The van der Waals surface area contributed by atoms with Gasteiger partial charge in [-0.25, -0.2) is 4.79 Å². The van der Waals surface area contributed by atoms with Crippen LogP contribution in [-0.4, -0.2) is 28.0 Å². The molecule has 29 heavy (non-hydrogen) atoms. The Bertz CT molecular complexity index is 566. The molecule has 1 amide bonds. The van der Waals surface area contributed by atoms with Crippen LogP contribution in [0.2, 0.25) is 0 Å². The topological polar surface area (TPSA) is 83.6 Å². The Morgan fingerprint density at radius 1 is 0.966 bits per heavy atom. The van der Waals surface area contributed by atoms with Gasteiger partial charge in [-0.15, -0.1) is 0 Å². The summed E-state index contributed by atoms with van der Waals surface area (Å²) < 4.78 is 0. The predicted molar refractivity (Wildman–Crippen MR) is 119 cm³/mol. The van der Waals surface area contributed by atoms with Gasteiger partial charge in [0.2, 0.25) is 5.91 Å². The van der Waals surface area contributed by atoms with Gasteiger partial charge in [-0.3, -0.25) is 9.69 Å². The highest BCUT2D eigenvalue weighted by Gasteiger charge is 2.27. The molecule has 0 spiro atoms. The molecule has 0 saturated carbocycles. The van der Waals surface area contributed by atoms with Crippen molar-refractivity contribution in [1.82, 2.24) is 4.90 Å². The van der Waals surface area contributed by atoms with E-state index in [0.717, 1.165) is 25.7 Å². The first-order valence-electron chi connectivity index (χ1n) is 11.4. The van der Waals surface area contributed by atoms with Crippen LogP contribution in [-0.2, 0) is 9.59 Å². The Hall–Kier alpha value is -1.88. The van der Waals surface area contributed by atoms with Gasteiger partial charge >= 0.3 is 5.97 Å². The molecule has 164 valence electrons. The fourth-order valence-electron chi connectivity index (χ4n) is 3.49. The van der Waals surface area contributed by atoms with Crippen molar-refractivity contribution in [3.8, 4) is 0 Å². The first-order valence-corrected chi connectivity index (χ1v) is 11.4. The molecule has 0 aliphatic carbocycles. The van der Waals surface area contributed by atoms with Gasteiger partial charge in [0.05, 0.1) is 5.57 Å². The number of carboxylic acids is 1. The van der Waals surface area contributed by atoms with Crippen molar-refractivity contribution < 1.29 is 14.7 Å². The molecule has 0 radical (unpaired) electrons. The summed E-state index contributed by atoms with van der Waals surface area (Å²) >= 11 is 0. The van der Waals surface area contributed by atoms with E-state index in [9.17, 15) is 9.59 Å². The van der Waals surface area contributed by atoms with Gasteiger partial charge in [0, 0.05) is 12.6 Å². The van der Waals surface area contributed by atoms with E-state index in [0.29, 0.717) is 6.42 Å². The SMILES string of the molecule is CCCCCCCCC=CCCCCCCCC(=O)N1C=CC=C(C(=O)O)C1N. The van der Waals surface area contributed by atoms with Crippen LogP contribution in [0, 0.1) is 0 Å². The number of carbonyl (C=O) groups is 2. The summed E-state index contributed by atoms with van der Waals surface area (Å²) in [5.41, 5.74) is 5.93. The van der Waals surface area contributed by atoms with Crippen LogP contribution in [0.3, 0.4) is 0 Å². The lowest BCUT2D eigenvalue weighted by Gasteiger charge is -2.28. The smallest absolute Gasteiger partial charge is 0.335 e. The van der Waals surface area contributed by atoms with E-state index in [2.05, 4.69) is 19.1 Å². The molecule has 1 heterocycles. The summed E-state index contributed by atoms with van der Waals surface area (Å²) in [7, 11) is 0. The molecule has 0 aromatic rings. The number of allylic oxidation sites excluding steroid dienone is 4. The zero-order valence-electron chi connectivity index (χ0n) is 18.2. The maximum Gasteiger partial charge on any atom is 0.335 e. The van der Waals surface area contributed by atoms with Gasteiger partial charge in [0.15, 0.2) is 0 Å². The molecular weight excluding hydrogens is 364 g/mol. The average Bonchev–Trinajstić information content (AvgIpc) is 2.70. The number of rotatable bonds is 16. The predicted octanol–water partition coefficient (Wildman–Crippen LogP) is 5.68. The number of nitrogens with zero attached hydrogens (tertiary/aromatic N) is 1. The largest absolute Gasteiger partial charge is 0.478 e. The Morgan fingerprint density at radius 3 is 2.10 bits per heavy atom. The molecule has 3 N–H and O–H groups in total. The fourth-order valence-corrected chi connectivity index (χ4v) is 3.49. The normalized spacial score (nSPS) is 16.4. The highest BCUT2D eigenvalue weighted by molar-refractivity contribution is 5.90. The van der Waals surface area contributed by atoms with E-state index in [4.69, 9.17) is 10.8 Å². The van der Waals surface area contributed by atoms with Gasteiger partial charge in [-0.05, 0) is 44.3 Å². The van der Waals surface area contributed by atoms with Crippen LogP contribution in [0.4, 0.5) is 0 Å². The molecule has 0 fully saturated rings. The third-order valence-electron chi connectivity index (χ3n) is 5.33. The molecule has 1 rings (SSSR count). The first-order chi connectivity index (χ1) is 14.1. The third kappa shape index (κ3) is 11.0. The average molecular weight is 405 g/mol. The van der Waals surface area contributed by atoms with Crippen LogP contribution in [0.25, 0.3) is 0 Å². The van der Waals surface area contributed by atoms with E-state index in [1.165, 1.54) is 68.8 Å². The van der Waals surface area contributed by atoms with Gasteiger partial charge in [0.25, 0.3) is 0 Å². The van der Waals surface area contributed by atoms with Gasteiger partial charge < -0.3 is 10.8 Å². The summed E-state index contributed by atoms with van der Waals surface area (Å²) in [6.07, 6.45) is 24.5. The van der Waals surface area contributed by atoms with Crippen molar-refractivity contribution in [2.24, 2.45) is 5.73 Å². The minimum Gasteiger partial charge on any atom is -0.478 e. The zero-order chi connectivity index (χ0) is 21.3. The van der Waals surface area contributed by atoms with Crippen molar-refractivity contribution in [3.05, 3.63) is 36.1 Å². The van der Waals surface area contributed by atoms with Crippen LogP contribution in [0.5, 0.6) is 0 Å². The van der Waals surface area contributed by atoms with Crippen molar-refractivity contribution >= 4 is 11.9 Å². The Labute approximate surface area is 176 Å². The summed E-state index contributed by atoms with van der Waals surface area (Å²) in [6, 6.07) is 0. The van der Waals surface area contributed by atoms with Crippen molar-refractivity contribution in [1.29, 1.82) is 0 Å². The summed E-state index contributed by atoms with van der Waals surface area (Å²) in [5.74, 6) is -1.20. The highest BCUT2D eigenvalue weighted by Crippen LogP contribution is 2.16. The molecule has 5 heteroatoms. The number of aliphatic carboxylic acids is 1. The highest BCUT2D eigenvalue weighted by atomic mass is 16.4. The second kappa shape index (κ2) is 16.0. The van der Waals surface area contributed by atoms with Gasteiger partial charge in [-0.2, -0.15) is 0 Å². The maximum atomic E-state index is 12.3. The van der Waals surface area contributed by atoms with Crippen LogP contribution in [0.1, 0.15) is 96.8 Å². The van der Waals surface area contributed by atoms with Gasteiger partial charge in [-0.1, -0.05) is 70.4 Å². The molecule has 0 aromatic carbocycles. The zero-order valence-corrected chi connectivity index (χ0v) is 18.2. The monoisotopic (exact) mass is 404 g/mol. The van der Waals surface area contributed by atoms with E-state index in [1.807, 2.05) is 0 Å². The van der Waals surface area contributed by atoms with E-state index >= 15 is 0 Å². The van der Waals surface area contributed by atoms with E-state index in [1.54, 1.807) is 12.3 Å². The van der Waals surface area contributed by atoms with Crippen molar-refractivity contribution in [3.63, 3.8) is 0 Å². The summed E-state index contributed by atoms with van der Waals surface area (Å²) in [6.45, 7) is 2.25. The summed E-state index contributed by atoms with van der Waals surface area (Å²) in [4.78, 5) is 24.7. The van der Waals surface area contributed by atoms with Crippen LogP contribution >= 0.6 is 0 Å². The lowest BCUT2D eigenvalue weighted by molar-refractivity contribution is -0.134. The number of unbranched alkanes of at least 4 members (excludes halogenated alkanes) is 11. The number of hydrogen-bond donors (Lipinski definition) is 2. The molecule has 0 aromatic heterocycles. The van der Waals surface area contributed by atoms with E-state index < -0.39 is 12.1 Å². The minimum absolute atomic E-state index is 0.0467. The Morgan fingerprint density at radius 2 is 1.52 bits per heavy atom. The van der Waals surface area contributed by atoms with Crippen LogP contribution in [0.15, 0.2) is 36.1 Å². The number of nitrogens with two attached hydrogens (primary N) is 1. The molecule has 0 bridgehead atoms. The lowest BCUT2D eigenvalue weighted by Crippen LogP contribution is -2.46. The van der Waals surface area contributed by atoms with E-state index in [-0.39, 0.29) is 11.5 Å². The second-order valence-corrected chi connectivity index (χ2v) is 7.85. The Kier molecular flexibility index (Phi) is 13.9. The minimum atomic E-state index is -1.08.